The maximum absolute atomic E-state index is 4.98. The summed E-state index contributed by atoms with van der Waals surface area (Å²) in [6, 6.07) is 10.4. The molecule has 1 aromatic carbocycles. The van der Waals surface area contributed by atoms with Gasteiger partial charge in [0, 0.05) is 43.2 Å². The zero-order valence-electron chi connectivity index (χ0n) is 19.3. The lowest BCUT2D eigenvalue weighted by molar-refractivity contribution is 0.463. The molecule has 1 unspecified atom stereocenters. The van der Waals surface area contributed by atoms with Gasteiger partial charge in [-0.3, -0.25) is 9.67 Å². The number of aryl methyl sites for hydroxylation is 1. The van der Waals surface area contributed by atoms with Gasteiger partial charge in [-0.05, 0) is 24.3 Å². The van der Waals surface area contributed by atoms with Crippen molar-refractivity contribution in [1.82, 2.24) is 20.0 Å². The molecule has 0 saturated carbocycles. The maximum Gasteiger partial charge on any atom is 0.130 e. The first-order valence-corrected chi connectivity index (χ1v) is 11.2. The lowest BCUT2D eigenvalue weighted by atomic mass is 9.93. The van der Waals surface area contributed by atoms with Crippen molar-refractivity contribution in [2.75, 3.05) is 7.05 Å². The summed E-state index contributed by atoms with van der Waals surface area (Å²) in [5.41, 5.74) is 4.51. The van der Waals surface area contributed by atoms with Gasteiger partial charge in [0.05, 0.1) is 12.7 Å². The van der Waals surface area contributed by atoms with Crippen LogP contribution in [0.15, 0.2) is 78.0 Å². The van der Waals surface area contributed by atoms with Crippen LogP contribution >= 0.6 is 0 Å². The van der Waals surface area contributed by atoms with Crippen LogP contribution in [0.3, 0.4) is 0 Å². The molecular formula is C26H35N5. The SMILES string of the molecule is C=C/C(=C1/NC(C(CC)CCCC)=CC(=NCc2ccccc2)N1C)c1cnn(C)c1. The van der Waals surface area contributed by atoms with Crippen molar-refractivity contribution in [3.63, 3.8) is 0 Å². The minimum absolute atomic E-state index is 0.477. The highest BCUT2D eigenvalue weighted by Gasteiger charge is 2.25. The first-order chi connectivity index (χ1) is 15.1. The van der Waals surface area contributed by atoms with Gasteiger partial charge in [-0.25, -0.2) is 0 Å². The Morgan fingerprint density at radius 3 is 2.61 bits per heavy atom. The van der Waals surface area contributed by atoms with Crippen LogP contribution in [-0.2, 0) is 13.6 Å². The average molecular weight is 418 g/mol. The van der Waals surface area contributed by atoms with Crippen molar-refractivity contribution in [3.05, 3.63) is 84.1 Å². The summed E-state index contributed by atoms with van der Waals surface area (Å²) in [7, 11) is 4.00. The topological polar surface area (TPSA) is 45.5 Å². The number of likely N-dealkylation sites (N-methyl/N-ethyl adjacent to an activating group) is 1. The molecule has 2 aromatic rings. The van der Waals surface area contributed by atoms with Crippen LogP contribution in [0, 0.1) is 5.92 Å². The van der Waals surface area contributed by atoms with E-state index in [4.69, 9.17) is 4.99 Å². The third kappa shape index (κ3) is 5.54. The van der Waals surface area contributed by atoms with Crippen LogP contribution in [0.4, 0.5) is 0 Å². The molecule has 31 heavy (non-hydrogen) atoms. The fraction of sp³-hybridized carbons (Fsp3) is 0.385. The molecule has 0 fully saturated rings. The van der Waals surface area contributed by atoms with E-state index in [2.05, 4.69) is 73.1 Å². The second-order valence-electron chi connectivity index (χ2n) is 8.06. The highest BCUT2D eigenvalue weighted by Crippen LogP contribution is 2.29. The minimum Gasteiger partial charge on any atom is -0.344 e. The molecule has 5 nitrogen and oxygen atoms in total. The van der Waals surface area contributed by atoms with Gasteiger partial charge in [-0.15, -0.1) is 0 Å². The van der Waals surface area contributed by atoms with E-state index >= 15 is 0 Å². The van der Waals surface area contributed by atoms with E-state index < -0.39 is 0 Å². The number of hydrogen-bond acceptors (Lipinski definition) is 3. The molecule has 0 saturated heterocycles. The van der Waals surface area contributed by atoms with E-state index in [-0.39, 0.29) is 0 Å². The van der Waals surface area contributed by atoms with E-state index in [1.807, 2.05) is 36.3 Å². The highest BCUT2D eigenvalue weighted by atomic mass is 15.3. The van der Waals surface area contributed by atoms with E-state index in [9.17, 15) is 0 Å². The molecule has 1 aliphatic rings. The number of nitrogens with one attached hydrogen (secondary N) is 1. The van der Waals surface area contributed by atoms with Crippen LogP contribution in [0.5, 0.6) is 0 Å². The number of rotatable bonds is 9. The first-order valence-electron chi connectivity index (χ1n) is 11.2. The average Bonchev–Trinajstić information content (AvgIpc) is 3.22. The number of allylic oxidation sites excluding steroid dienone is 3. The molecular weight excluding hydrogens is 382 g/mol. The molecule has 5 heteroatoms. The summed E-state index contributed by atoms with van der Waals surface area (Å²) in [6.45, 7) is 9.26. The molecule has 0 bridgehead atoms. The summed E-state index contributed by atoms with van der Waals surface area (Å²) in [4.78, 5) is 7.11. The number of unbranched alkanes of at least 4 members (excludes halogenated alkanes) is 1. The Morgan fingerprint density at radius 2 is 2.00 bits per heavy atom. The summed E-state index contributed by atoms with van der Waals surface area (Å²) >= 11 is 0. The van der Waals surface area contributed by atoms with Crippen molar-refractivity contribution < 1.29 is 0 Å². The molecule has 0 radical (unpaired) electrons. The summed E-state index contributed by atoms with van der Waals surface area (Å²) in [5.74, 6) is 2.44. The maximum atomic E-state index is 4.98. The molecule has 1 N–H and O–H groups in total. The molecule has 0 spiro atoms. The van der Waals surface area contributed by atoms with Gasteiger partial charge in [-0.1, -0.05) is 69.7 Å². The van der Waals surface area contributed by atoms with E-state index in [0.717, 1.165) is 29.2 Å². The monoisotopic (exact) mass is 417 g/mol. The smallest absolute Gasteiger partial charge is 0.130 e. The highest BCUT2D eigenvalue weighted by molar-refractivity contribution is 5.97. The number of hydrogen-bond donors (Lipinski definition) is 1. The van der Waals surface area contributed by atoms with Gasteiger partial charge in [0.15, 0.2) is 0 Å². The lowest BCUT2D eigenvalue weighted by Crippen LogP contribution is -2.40. The summed E-state index contributed by atoms with van der Waals surface area (Å²) < 4.78 is 1.82. The van der Waals surface area contributed by atoms with Crippen molar-refractivity contribution >= 4 is 11.4 Å². The lowest BCUT2D eigenvalue weighted by Gasteiger charge is -2.34. The van der Waals surface area contributed by atoms with Gasteiger partial charge >= 0.3 is 0 Å². The van der Waals surface area contributed by atoms with Crippen molar-refractivity contribution in [3.8, 4) is 0 Å². The van der Waals surface area contributed by atoms with Gasteiger partial charge in [0.25, 0.3) is 0 Å². The number of aliphatic imine (C=N–C) groups is 1. The minimum atomic E-state index is 0.477. The van der Waals surface area contributed by atoms with E-state index in [0.29, 0.717) is 12.5 Å². The largest absolute Gasteiger partial charge is 0.344 e. The quantitative estimate of drug-likeness (QED) is 0.585. The first kappa shape index (κ1) is 22.6. The third-order valence-electron chi connectivity index (χ3n) is 5.81. The van der Waals surface area contributed by atoms with Crippen LogP contribution in [0.1, 0.15) is 50.7 Å². The van der Waals surface area contributed by atoms with Gasteiger partial charge < -0.3 is 10.2 Å². The predicted molar refractivity (Wildman–Crippen MR) is 130 cm³/mol. The van der Waals surface area contributed by atoms with E-state index in [1.54, 1.807) is 0 Å². The Bertz CT molecular complexity index is 965. The second kappa shape index (κ2) is 10.8. The number of nitrogens with zero attached hydrogens (tertiary/aromatic N) is 4. The number of benzene rings is 1. The van der Waals surface area contributed by atoms with Crippen LogP contribution in [0.25, 0.3) is 5.57 Å². The van der Waals surface area contributed by atoms with E-state index in [1.165, 1.54) is 30.5 Å². The zero-order chi connectivity index (χ0) is 22.2. The normalized spacial score (nSPS) is 17.9. The van der Waals surface area contributed by atoms with Gasteiger partial charge in [0.2, 0.25) is 0 Å². The molecule has 164 valence electrons. The molecule has 3 rings (SSSR count). The Kier molecular flexibility index (Phi) is 7.88. The summed E-state index contributed by atoms with van der Waals surface area (Å²) in [5, 5.41) is 8.08. The summed E-state index contributed by atoms with van der Waals surface area (Å²) in [6.07, 6.45) is 12.7. The molecule has 0 aliphatic carbocycles. The van der Waals surface area contributed by atoms with Gasteiger partial charge in [-0.2, -0.15) is 5.10 Å². The van der Waals surface area contributed by atoms with Crippen LogP contribution < -0.4 is 5.32 Å². The molecule has 1 aliphatic heterocycles. The fourth-order valence-electron chi connectivity index (χ4n) is 3.92. The Labute approximate surface area is 186 Å². The second-order valence-corrected chi connectivity index (χ2v) is 8.06. The Balaban J connectivity index is 2.03. The van der Waals surface area contributed by atoms with Gasteiger partial charge in [0.1, 0.15) is 11.7 Å². The zero-order valence-corrected chi connectivity index (χ0v) is 19.3. The molecule has 2 heterocycles. The van der Waals surface area contributed by atoms with Crippen LogP contribution in [-0.4, -0.2) is 27.6 Å². The predicted octanol–water partition coefficient (Wildman–Crippen LogP) is 5.51. The Morgan fingerprint density at radius 1 is 1.23 bits per heavy atom. The van der Waals surface area contributed by atoms with Crippen molar-refractivity contribution in [2.24, 2.45) is 18.0 Å². The number of aromatic nitrogens is 2. The third-order valence-corrected chi connectivity index (χ3v) is 5.81. The van der Waals surface area contributed by atoms with Crippen LogP contribution in [0.2, 0.25) is 0 Å². The standard InChI is InChI=1S/C26H35N5/c1-6-9-15-21(7-2)24-16-25(27-17-20-13-11-10-12-14-20)31(5)26(29-24)23(8-3)22-18-28-30(4)19-22/h8,10-14,16,18-19,21,29H,3,6-7,9,15,17H2,1-2,4-5H3/b26-23+,27-25?. The van der Waals surface area contributed by atoms with Crippen molar-refractivity contribution in [2.45, 2.75) is 46.1 Å². The fourth-order valence-corrected chi connectivity index (χ4v) is 3.92. The Hall–Kier alpha value is -3.08. The molecule has 1 atom stereocenters. The van der Waals surface area contributed by atoms with Crippen molar-refractivity contribution in [1.29, 1.82) is 0 Å². The molecule has 0 amide bonds. The molecule has 1 aromatic heterocycles. The number of amidine groups is 1.